The summed E-state index contributed by atoms with van der Waals surface area (Å²) in [5.41, 5.74) is 0.647. The first-order valence-electron chi connectivity index (χ1n) is 6.01. The Labute approximate surface area is 114 Å². The first kappa shape index (κ1) is 14.2. The molecule has 0 aliphatic heterocycles. The Morgan fingerprint density at radius 3 is 2.75 bits per heavy atom. The summed E-state index contributed by atoms with van der Waals surface area (Å²) in [6, 6.07) is 4.55. The van der Waals surface area contributed by atoms with Crippen LogP contribution in [0.5, 0.6) is 0 Å². The van der Waals surface area contributed by atoms with E-state index in [1.165, 1.54) is 18.6 Å². The van der Waals surface area contributed by atoms with Gasteiger partial charge >= 0.3 is 0 Å². The maximum atomic E-state index is 13.0. The van der Waals surface area contributed by atoms with Crippen LogP contribution in [0.25, 0.3) is 0 Å². The Balaban J connectivity index is 1.84. The molecule has 0 radical (unpaired) electrons. The number of amides is 1. The maximum absolute atomic E-state index is 13.0. The summed E-state index contributed by atoms with van der Waals surface area (Å²) in [7, 11) is 0. The molecule has 4 nitrogen and oxygen atoms in total. The van der Waals surface area contributed by atoms with E-state index in [-0.39, 0.29) is 18.5 Å². The second-order valence-corrected chi connectivity index (χ2v) is 4.25. The number of nitrogens with one attached hydrogen (secondary N) is 1. The Morgan fingerprint density at radius 2 is 2.10 bits per heavy atom. The summed E-state index contributed by atoms with van der Waals surface area (Å²) < 4.78 is 30.5. The largest absolute Gasteiger partial charge is 0.472 e. The van der Waals surface area contributed by atoms with Crippen molar-refractivity contribution in [1.82, 2.24) is 5.32 Å². The molecule has 0 unspecified atom stereocenters. The summed E-state index contributed by atoms with van der Waals surface area (Å²) in [4.78, 5) is 11.7. The number of rotatable bonds is 5. The molecule has 1 amide bonds. The lowest BCUT2D eigenvalue weighted by Gasteiger charge is -2.09. The smallest absolute Gasteiger partial charge is 0.251 e. The van der Waals surface area contributed by atoms with Crippen molar-refractivity contribution in [1.29, 1.82) is 0 Å². The molecule has 2 rings (SSSR count). The summed E-state index contributed by atoms with van der Waals surface area (Å²) >= 11 is 0. The molecule has 2 aromatic rings. The summed E-state index contributed by atoms with van der Waals surface area (Å²) in [6.45, 7) is 0.199. The predicted molar refractivity (Wildman–Crippen MR) is 67.0 cm³/mol. The third-order valence-corrected chi connectivity index (χ3v) is 2.81. The van der Waals surface area contributed by atoms with E-state index in [0.29, 0.717) is 5.56 Å². The lowest BCUT2D eigenvalue weighted by molar-refractivity contribution is 0.0942. The average molecular weight is 281 g/mol. The maximum Gasteiger partial charge on any atom is 0.251 e. The van der Waals surface area contributed by atoms with Crippen LogP contribution in [0.15, 0.2) is 41.2 Å². The number of carbonyl (C=O) groups is 1. The second kappa shape index (κ2) is 6.29. The van der Waals surface area contributed by atoms with Crippen LogP contribution in [-0.4, -0.2) is 17.6 Å². The molecular weight excluding hydrogens is 268 g/mol. The first-order chi connectivity index (χ1) is 9.58. The fourth-order valence-corrected chi connectivity index (χ4v) is 1.69. The van der Waals surface area contributed by atoms with Crippen molar-refractivity contribution < 1.29 is 23.1 Å². The SMILES string of the molecule is O=C(NCC[C@@H](O)c1ccoc1)c1ccc(F)c(F)c1. The third kappa shape index (κ3) is 3.42. The van der Waals surface area contributed by atoms with E-state index in [1.807, 2.05) is 0 Å². The molecule has 0 aliphatic carbocycles. The monoisotopic (exact) mass is 281 g/mol. The molecule has 1 aromatic heterocycles. The van der Waals surface area contributed by atoms with Crippen molar-refractivity contribution in [2.24, 2.45) is 0 Å². The van der Waals surface area contributed by atoms with Crippen LogP contribution in [0.1, 0.15) is 28.4 Å². The van der Waals surface area contributed by atoms with Gasteiger partial charge in [-0.2, -0.15) is 0 Å². The topological polar surface area (TPSA) is 62.5 Å². The van der Waals surface area contributed by atoms with Gasteiger partial charge in [0.1, 0.15) is 0 Å². The minimum absolute atomic E-state index is 0.0294. The number of carbonyl (C=O) groups excluding carboxylic acids is 1. The molecule has 2 N–H and O–H groups in total. The number of aliphatic hydroxyl groups excluding tert-OH is 1. The molecule has 1 heterocycles. The van der Waals surface area contributed by atoms with E-state index in [4.69, 9.17) is 4.42 Å². The quantitative estimate of drug-likeness (QED) is 0.884. The first-order valence-corrected chi connectivity index (χ1v) is 6.01. The number of halogens is 2. The highest BCUT2D eigenvalue weighted by molar-refractivity contribution is 5.94. The lowest BCUT2D eigenvalue weighted by atomic mass is 10.1. The van der Waals surface area contributed by atoms with Gasteiger partial charge in [-0.25, -0.2) is 8.78 Å². The van der Waals surface area contributed by atoms with Crippen molar-refractivity contribution in [3.63, 3.8) is 0 Å². The Hall–Kier alpha value is -2.21. The third-order valence-electron chi connectivity index (χ3n) is 2.81. The molecule has 0 bridgehead atoms. The van der Waals surface area contributed by atoms with Gasteiger partial charge in [0.2, 0.25) is 0 Å². The Morgan fingerprint density at radius 1 is 1.30 bits per heavy atom. The van der Waals surface area contributed by atoms with Crippen molar-refractivity contribution in [3.05, 3.63) is 59.6 Å². The van der Waals surface area contributed by atoms with Gasteiger partial charge < -0.3 is 14.8 Å². The van der Waals surface area contributed by atoms with Crippen molar-refractivity contribution in [2.45, 2.75) is 12.5 Å². The van der Waals surface area contributed by atoms with Gasteiger partial charge in [-0.05, 0) is 30.7 Å². The number of furan rings is 1. The van der Waals surface area contributed by atoms with Gasteiger partial charge in [0.05, 0.1) is 18.6 Å². The molecule has 6 heteroatoms. The van der Waals surface area contributed by atoms with Crippen LogP contribution in [0.3, 0.4) is 0 Å². The Bertz CT molecular complexity index is 584. The molecule has 20 heavy (non-hydrogen) atoms. The van der Waals surface area contributed by atoms with Crippen LogP contribution >= 0.6 is 0 Å². The molecular formula is C14H13F2NO3. The minimum Gasteiger partial charge on any atom is -0.472 e. The van der Waals surface area contributed by atoms with E-state index in [9.17, 15) is 18.7 Å². The van der Waals surface area contributed by atoms with Gasteiger partial charge in [0.25, 0.3) is 5.91 Å². The van der Waals surface area contributed by atoms with Gasteiger partial charge in [0.15, 0.2) is 11.6 Å². The standard InChI is InChI=1S/C14H13F2NO3/c15-11-2-1-9(7-12(11)16)14(19)17-5-3-13(18)10-4-6-20-8-10/h1-2,4,6-8,13,18H,3,5H2,(H,17,19)/t13-/m1/s1. The van der Waals surface area contributed by atoms with Crippen LogP contribution in [0, 0.1) is 11.6 Å². The van der Waals surface area contributed by atoms with Crippen molar-refractivity contribution >= 4 is 5.91 Å². The Kier molecular flexibility index (Phi) is 4.47. The molecule has 0 spiro atoms. The molecule has 0 saturated carbocycles. The molecule has 0 fully saturated rings. The van der Waals surface area contributed by atoms with E-state index in [0.717, 1.165) is 12.1 Å². The van der Waals surface area contributed by atoms with E-state index < -0.39 is 23.6 Å². The molecule has 0 saturated heterocycles. The van der Waals surface area contributed by atoms with Gasteiger partial charge in [-0.3, -0.25) is 4.79 Å². The van der Waals surface area contributed by atoms with Crippen LogP contribution in [0.2, 0.25) is 0 Å². The average Bonchev–Trinajstić information content (AvgIpc) is 2.95. The molecule has 0 aliphatic rings. The van der Waals surface area contributed by atoms with Gasteiger partial charge in [-0.1, -0.05) is 0 Å². The van der Waals surface area contributed by atoms with Crippen LogP contribution in [-0.2, 0) is 0 Å². The number of benzene rings is 1. The number of hydrogen-bond acceptors (Lipinski definition) is 3. The number of aliphatic hydroxyl groups is 1. The zero-order valence-electron chi connectivity index (χ0n) is 10.5. The summed E-state index contributed by atoms with van der Waals surface area (Å²) in [6.07, 6.45) is 2.40. The van der Waals surface area contributed by atoms with E-state index in [2.05, 4.69) is 5.32 Å². The predicted octanol–water partition coefficient (Wildman–Crippen LogP) is 2.41. The summed E-state index contributed by atoms with van der Waals surface area (Å²) in [5, 5.41) is 12.3. The highest BCUT2D eigenvalue weighted by atomic mass is 19.2. The minimum atomic E-state index is -1.07. The lowest BCUT2D eigenvalue weighted by Crippen LogP contribution is -2.25. The van der Waals surface area contributed by atoms with E-state index >= 15 is 0 Å². The molecule has 106 valence electrons. The van der Waals surface area contributed by atoms with E-state index in [1.54, 1.807) is 6.07 Å². The highest BCUT2D eigenvalue weighted by Crippen LogP contribution is 2.16. The van der Waals surface area contributed by atoms with Gasteiger partial charge in [0, 0.05) is 17.7 Å². The normalized spacial score (nSPS) is 12.2. The second-order valence-electron chi connectivity index (χ2n) is 4.25. The zero-order chi connectivity index (χ0) is 14.5. The molecule has 1 aromatic carbocycles. The van der Waals surface area contributed by atoms with Crippen LogP contribution < -0.4 is 5.32 Å². The number of hydrogen-bond donors (Lipinski definition) is 2. The zero-order valence-corrected chi connectivity index (χ0v) is 10.5. The molecule has 1 atom stereocenters. The van der Waals surface area contributed by atoms with Crippen molar-refractivity contribution in [3.8, 4) is 0 Å². The fraction of sp³-hybridized carbons (Fsp3) is 0.214. The van der Waals surface area contributed by atoms with Crippen LogP contribution in [0.4, 0.5) is 8.78 Å². The highest BCUT2D eigenvalue weighted by Gasteiger charge is 2.12. The fourth-order valence-electron chi connectivity index (χ4n) is 1.69. The van der Waals surface area contributed by atoms with Gasteiger partial charge in [-0.15, -0.1) is 0 Å². The summed E-state index contributed by atoms with van der Waals surface area (Å²) in [5.74, 6) is -2.60. The van der Waals surface area contributed by atoms with Crippen molar-refractivity contribution in [2.75, 3.05) is 6.54 Å².